The number of hydrogen-bond acceptors (Lipinski definition) is 10. The summed E-state index contributed by atoms with van der Waals surface area (Å²) < 4.78 is 8.76. The second-order valence-corrected chi connectivity index (χ2v) is 1.89. The van der Waals surface area contributed by atoms with Gasteiger partial charge in [0, 0.05) is 27.4 Å². The summed E-state index contributed by atoms with van der Waals surface area (Å²) in [6, 6.07) is 0. The minimum Gasteiger partial charge on any atom is -0.853 e. The van der Waals surface area contributed by atoms with Crippen LogP contribution in [0, 0.1) is 0 Å². The van der Waals surface area contributed by atoms with Crippen LogP contribution in [0.3, 0.4) is 0 Å². The van der Waals surface area contributed by atoms with Crippen LogP contribution in [-0.4, -0.2) is 122 Å². The maximum atomic E-state index is 9.40. The van der Waals surface area contributed by atoms with Crippen LogP contribution in [0.2, 0.25) is 0 Å². The molecule has 10 nitrogen and oxygen atoms in total. The Morgan fingerprint density at radius 3 is 0.857 bits per heavy atom. The first-order chi connectivity index (χ1) is 8.29. The molecule has 21 heavy (non-hydrogen) atoms. The molecule has 0 saturated heterocycles. The summed E-state index contributed by atoms with van der Waals surface area (Å²) in [6.45, 7) is 0.410. The van der Waals surface area contributed by atoms with Crippen LogP contribution in [0.25, 0.3) is 0 Å². The van der Waals surface area contributed by atoms with Crippen molar-refractivity contribution in [3.63, 3.8) is 0 Å². The molecule has 0 aromatic carbocycles. The van der Waals surface area contributed by atoms with E-state index < -0.39 is 12.3 Å². The number of methoxy groups -OCH3 is 2. The molecular weight excluding hydrogens is 329 g/mol. The van der Waals surface area contributed by atoms with Gasteiger partial charge >= 0.3 is 69.2 Å². The molecule has 0 rings (SSSR count). The molecule has 0 aliphatic rings. The van der Waals surface area contributed by atoms with Gasteiger partial charge in [-0.2, -0.15) is 0 Å². The van der Waals surface area contributed by atoms with Crippen LogP contribution in [0.15, 0.2) is 0 Å². The van der Waals surface area contributed by atoms with Gasteiger partial charge in [-0.05, 0) is 12.3 Å². The third kappa shape index (κ3) is 330. The van der Waals surface area contributed by atoms with Gasteiger partial charge in [-0.25, -0.2) is 0 Å². The molecule has 0 saturated carbocycles. The summed E-state index contributed by atoms with van der Waals surface area (Å²) in [5.74, 6) is 0. The first kappa shape index (κ1) is 43.0. The smallest absolute Gasteiger partial charge is 0.853 e. The average Bonchev–Trinajstić information content (AvgIpc) is 2.19. The molecule has 0 fully saturated rings. The van der Waals surface area contributed by atoms with E-state index in [1.54, 1.807) is 0 Å². The predicted molar refractivity (Wildman–Crippen MR) is 61.5 cm³/mol. The van der Waals surface area contributed by atoms with Crippen LogP contribution in [0.5, 0.6) is 0 Å². The average molecular weight is 343 g/mol. The Bertz CT molecular complexity index is 142. The molecule has 0 unspecified atom stereocenters. The van der Waals surface area contributed by atoms with Gasteiger partial charge in [-0.15, -0.1) is 13.2 Å². The summed E-state index contributed by atoms with van der Waals surface area (Å²) in [7, 11) is 3.02. The second-order valence-electron chi connectivity index (χ2n) is 1.89. The van der Waals surface area contributed by atoms with E-state index in [2.05, 4.69) is 9.47 Å². The largest absolute Gasteiger partial charge is 2.00 e. The molecule has 0 heterocycles. The number of hydrogen-bond donors (Lipinski definition) is 0. The Morgan fingerprint density at radius 2 is 0.857 bits per heavy atom. The quantitative estimate of drug-likeness (QED) is 0.443. The number of carbonyl (C=O) groups excluding carboxylic acids is 2. The third-order valence-corrected chi connectivity index (χ3v) is 0.575. The van der Waals surface area contributed by atoms with Gasteiger partial charge in [0.15, 0.2) is 0 Å². The van der Waals surface area contributed by atoms with Crippen LogP contribution >= 0.6 is 0 Å². The van der Waals surface area contributed by atoms with Gasteiger partial charge in [-0.1, -0.05) is 0 Å². The summed E-state index contributed by atoms with van der Waals surface area (Å²) in [4.78, 5) is 16.7. The molecule has 0 aliphatic carbocycles. The maximum Gasteiger partial charge on any atom is 2.00 e. The Kier molecular flexibility index (Phi) is 102. The van der Waals surface area contributed by atoms with Crippen molar-refractivity contribution >= 4 is 81.5 Å². The number of ether oxygens (including phenoxy) is 2. The van der Waals surface area contributed by atoms with Gasteiger partial charge in [-0.3, -0.25) is 0 Å². The molecule has 0 atom stereocenters. The molecule has 0 aromatic heterocycles. The molecule has 13 heteroatoms. The van der Waals surface area contributed by atoms with Gasteiger partial charge in [0.05, 0.1) is 0 Å². The zero-order chi connectivity index (χ0) is 15.4. The molecular formula is C8H14Mg3O10. The van der Waals surface area contributed by atoms with Gasteiger partial charge in [0.2, 0.25) is 0 Å². The Morgan fingerprint density at radius 1 is 0.714 bits per heavy atom. The van der Waals surface area contributed by atoms with Crippen LogP contribution < -0.4 is 30.6 Å². The van der Waals surface area contributed by atoms with Crippen molar-refractivity contribution in [3.8, 4) is 0 Å². The molecule has 0 radical (unpaired) electrons. The zero-order valence-corrected chi connectivity index (χ0v) is 16.3. The van der Waals surface area contributed by atoms with Crippen molar-refractivity contribution < 1.29 is 49.7 Å². The Balaban J connectivity index is -0.0000000239. The van der Waals surface area contributed by atoms with E-state index in [4.69, 9.17) is 30.0 Å². The Labute approximate surface area is 170 Å². The summed E-state index contributed by atoms with van der Waals surface area (Å²) in [5, 5.41) is 52.1. The van der Waals surface area contributed by atoms with Crippen molar-refractivity contribution in [2.24, 2.45) is 0 Å². The molecule has 0 amide bonds. The number of carboxylic acid groups (broad SMARTS) is 4. The van der Waals surface area contributed by atoms with E-state index in [0.717, 1.165) is 0 Å². The second kappa shape index (κ2) is 49.8. The van der Waals surface area contributed by atoms with Crippen LogP contribution in [0.4, 0.5) is 9.59 Å². The molecule has 0 N–H and O–H groups in total. The van der Waals surface area contributed by atoms with E-state index >= 15 is 0 Å². The van der Waals surface area contributed by atoms with Gasteiger partial charge in [0.25, 0.3) is 0 Å². The predicted octanol–water partition coefficient (Wildman–Crippen LogP) is -8.05. The summed E-state index contributed by atoms with van der Waals surface area (Å²) in [5.41, 5.74) is 0. The minimum absolute atomic E-state index is 0. The zero-order valence-electron chi connectivity index (χ0n) is 12.0. The monoisotopic (exact) mass is 342 g/mol. The Hall–Kier alpha value is 0.679. The van der Waals surface area contributed by atoms with Crippen molar-refractivity contribution in [2.75, 3.05) is 40.6 Å². The third-order valence-electron chi connectivity index (χ3n) is 0.575. The molecule has 0 bridgehead atoms. The fourth-order valence-corrected chi connectivity index (χ4v) is 0.167. The first-order valence-corrected chi connectivity index (χ1v) is 4.20. The van der Waals surface area contributed by atoms with Crippen LogP contribution in [-0.2, 0) is 9.47 Å². The van der Waals surface area contributed by atoms with E-state index in [1.807, 2.05) is 0 Å². The van der Waals surface area contributed by atoms with E-state index in [9.17, 15) is 10.2 Å². The van der Waals surface area contributed by atoms with Crippen molar-refractivity contribution in [2.45, 2.75) is 0 Å². The van der Waals surface area contributed by atoms with E-state index in [1.165, 1.54) is 14.2 Å². The number of carbonyl (C=O) groups is 2. The van der Waals surface area contributed by atoms with E-state index in [-0.39, 0.29) is 82.4 Å². The normalized spacial score (nSPS) is 6.29. The summed E-state index contributed by atoms with van der Waals surface area (Å²) >= 11 is 0. The first-order valence-electron chi connectivity index (χ1n) is 4.20. The SMILES string of the molecule is COCC[O-].COCC[O-].O=C([O-])[O-].O=C([O-])[O-].[Mg+2].[Mg+2].[Mg+2]. The van der Waals surface area contributed by atoms with Gasteiger partial charge in [0.1, 0.15) is 0 Å². The van der Waals surface area contributed by atoms with Crippen LogP contribution in [0.1, 0.15) is 0 Å². The summed E-state index contributed by atoms with van der Waals surface area (Å²) in [6.07, 6.45) is -4.67. The van der Waals surface area contributed by atoms with Crippen molar-refractivity contribution in [1.29, 1.82) is 0 Å². The van der Waals surface area contributed by atoms with Crippen molar-refractivity contribution in [3.05, 3.63) is 0 Å². The maximum absolute atomic E-state index is 9.40. The molecule has 0 aliphatic heterocycles. The van der Waals surface area contributed by atoms with E-state index in [0.29, 0.717) is 13.2 Å². The number of rotatable bonds is 4. The fraction of sp³-hybridized carbons (Fsp3) is 0.750. The molecule has 0 aromatic rings. The van der Waals surface area contributed by atoms with Gasteiger partial charge < -0.3 is 49.7 Å². The molecule has 112 valence electrons. The van der Waals surface area contributed by atoms with Crippen molar-refractivity contribution in [1.82, 2.24) is 0 Å². The minimum atomic E-state index is -2.33. The molecule has 0 spiro atoms. The standard InChI is InChI=1S/2C3H7O2.2CH2O3.3Mg/c2*1-5-3-2-4;2*2-1(3)4;;;/h2*2-3H2,1H3;2*(H2,2,3,4);;;/q2*-1;;;3*+2/p-4. The fourth-order valence-electron chi connectivity index (χ4n) is 0.167. The topological polar surface area (TPSA) is 191 Å².